The van der Waals surface area contributed by atoms with Crippen LogP contribution in [0.2, 0.25) is 0 Å². The van der Waals surface area contributed by atoms with Gasteiger partial charge in [-0.1, -0.05) is 18.2 Å². The highest BCUT2D eigenvalue weighted by molar-refractivity contribution is 6.10. The Morgan fingerprint density at radius 2 is 2.09 bits per heavy atom. The first-order valence-corrected chi connectivity index (χ1v) is 3.48. The van der Waals surface area contributed by atoms with Crippen LogP contribution < -0.4 is 0 Å². The van der Waals surface area contributed by atoms with Crippen LogP contribution in [0.25, 0.3) is 10.9 Å². The van der Waals surface area contributed by atoms with Gasteiger partial charge in [0.05, 0.1) is 11.2 Å². The van der Waals surface area contributed by atoms with Gasteiger partial charge in [-0.3, -0.25) is 0 Å². The second-order valence-corrected chi connectivity index (χ2v) is 2.55. The first kappa shape index (κ1) is 6.46. The maximum Gasteiger partial charge on any atom is 0.265 e. The fourth-order valence-corrected chi connectivity index (χ4v) is 1.25. The molecule has 0 aliphatic heterocycles. The number of aryl methyl sites for hydroxylation is 1. The average molecular weight is 142 g/mol. The van der Waals surface area contributed by atoms with Crippen molar-refractivity contribution in [2.24, 2.45) is 0 Å². The molecule has 0 bridgehead atoms. The SMILES string of the molecule is [B]n1nc(C)c2ccccc21. The molecule has 0 saturated carbocycles. The Morgan fingerprint density at radius 3 is 2.82 bits per heavy atom. The summed E-state index contributed by atoms with van der Waals surface area (Å²) in [6, 6.07) is 7.90. The van der Waals surface area contributed by atoms with Gasteiger partial charge in [-0.15, -0.1) is 0 Å². The van der Waals surface area contributed by atoms with Gasteiger partial charge in [0.2, 0.25) is 0 Å². The molecular weight excluding hydrogens is 135 g/mol. The number of nitrogens with zero attached hydrogens (tertiary/aromatic N) is 2. The van der Waals surface area contributed by atoms with Crippen molar-refractivity contribution < 1.29 is 0 Å². The van der Waals surface area contributed by atoms with Crippen LogP contribution in [0, 0.1) is 6.92 Å². The molecule has 0 aliphatic rings. The van der Waals surface area contributed by atoms with Gasteiger partial charge in [-0.2, -0.15) is 5.10 Å². The molecule has 0 fully saturated rings. The van der Waals surface area contributed by atoms with Crippen molar-refractivity contribution >= 4 is 18.9 Å². The summed E-state index contributed by atoms with van der Waals surface area (Å²) in [6.07, 6.45) is 0. The number of hydrogen-bond donors (Lipinski definition) is 0. The maximum absolute atomic E-state index is 5.58. The zero-order chi connectivity index (χ0) is 7.84. The van der Waals surface area contributed by atoms with Crippen LogP contribution in [0.5, 0.6) is 0 Å². The molecule has 1 aromatic carbocycles. The van der Waals surface area contributed by atoms with Crippen LogP contribution in [0.3, 0.4) is 0 Å². The summed E-state index contributed by atoms with van der Waals surface area (Å²) in [7, 11) is 5.58. The van der Waals surface area contributed by atoms with Gasteiger partial charge in [0.25, 0.3) is 7.98 Å². The van der Waals surface area contributed by atoms with Crippen LogP contribution >= 0.6 is 0 Å². The van der Waals surface area contributed by atoms with E-state index in [4.69, 9.17) is 7.98 Å². The Morgan fingerprint density at radius 1 is 1.36 bits per heavy atom. The van der Waals surface area contributed by atoms with E-state index in [9.17, 15) is 0 Å². The van der Waals surface area contributed by atoms with Crippen molar-refractivity contribution in [2.75, 3.05) is 0 Å². The van der Waals surface area contributed by atoms with Crippen molar-refractivity contribution in [2.45, 2.75) is 6.92 Å². The smallest absolute Gasteiger partial charge is 0.265 e. The summed E-state index contributed by atoms with van der Waals surface area (Å²) >= 11 is 0. The molecule has 2 nitrogen and oxygen atoms in total. The molecule has 3 heteroatoms. The topological polar surface area (TPSA) is 17.8 Å². The van der Waals surface area contributed by atoms with E-state index in [1.807, 2.05) is 31.2 Å². The van der Waals surface area contributed by atoms with Gasteiger partial charge < -0.3 is 4.59 Å². The first-order chi connectivity index (χ1) is 5.29. The van der Waals surface area contributed by atoms with Crippen molar-refractivity contribution in [1.82, 2.24) is 9.69 Å². The zero-order valence-corrected chi connectivity index (χ0v) is 6.28. The van der Waals surface area contributed by atoms with E-state index in [0.29, 0.717) is 0 Å². The van der Waals surface area contributed by atoms with Gasteiger partial charge in [-0.25, -0.2) is 0 Å². The number of hydrogen-bond acceptors (Lipinski definition) is 1. The van der Waals surface area contributed by atoms with E-state index in [2.05, 4.69) is 5.10 Å². The van der Waals surface area contributed by atoms with Crippen LogP contribution in [0.1, 0.15) is 5.69 Å². The van der Waals surface area contributed by atoms with E-state index in [1.165, 1.54) is 4.59 Å². The van der Waals surface area contributed by atoms with Crippen LogP contribution in [0.15, 0.2) is 24.3 Å². The van der Waals surface area contributed by atoms with Crippen molar-refractivity contribution in [3.8, 4) is 0 Å². The molecule has 2 radical (unpaired) electrons. The van der Waals surface area contributed by atoms with Crippen LogP contribution in [0.4, 0.5) is 0 Å². The molecule has 2 aromatic rings. The molecule has 1 aromatic heterocycles. The summed E-state index contributed by atoms with van der Waals surface area (Å²) in [5.41, 5.74) is 1.95. The third-order valence-electron chi connectivity index (χ3n) is 1.80. The number of fused-ring (bicyclic) bond motifs is 1. The van der Waals surface area contributed by atoms with Gasteiger partial charge in [-0.05, 0) is 13.0 Å². The lowest BCUT2D eigenvalue weighted by molar-refractivity contribution is 0.987. The van der Waals surface area contributed by atoms with Crippen molar-refractivity contribution in [1.29, 1.82) is 0 Å². The Bertz CT molecular complexity index is 356. The summed E-state index contributed by atoms with van der Waals surface area (Å²) in [4.78, 5) is 0. The molecule has 11 heavy (non-hydrogen) atoms. The number of aromatic nitrogens is 2. The van der Waals surface area contributed by atoms with E-state index in [-0.39, 0.29) is 0 Å². The van der Waals surface area contributed by atoms with Gasteiger partial charge in [0, 0.05) is 5.39 Å². The zero-order valence-electron chi connectivity index (χ0n) is 6.28. The minimum atomic E-state index is 0.975. The minimum absolute atomic E-state index is 0.975. The first-order valence-electron chi connectivity index (χ1n) is 3.48. The summed E-state index contributed by atoms with van der Waals surface area (Å²) in [5, 5.41) is 5.20. The van der Waals surface area contributed by atoms with Crippen LogP contribution in [-0.2, 0) is 0 Å². The Labute approximate surface area is 66.3 Å². The molecule has 0 atom stereocenters. The lowest BCUT2D eigenvalue weighted by Crippen LogP contribution is -1.92. The third-order valence-corrected chi connectivity index (χ3v) is 1.80. The predicted molar refractivity (Wildman–Crippen MR) is 45.6 cm³/mol. The van der Waals surface area contributed by atoms with Crippen LogP contribution in [-0.4, -0.2) is 17.7 Å². The third kappa shape index (κ3) is 0.844. The maximum atomic E-state index is 5.58. The lowest BCUT2D eigenvalue weighted by atomic mass is 10.2. The van der Waals surface area contributed by atoms with E-state index in [1.54, 1.807) is 0 Å². The number of rotatable bonds is 0. The second kappa shape index (κ2) is 2.12. The highest BCUT2D eigenvalue weighted by Gasteiger charge is 2.00. The molecule has 0 aliphatic carbocycles. The lowest BCUT2D eigenvalue weighted by Gasteiger charge is -1.90. The van der Waals surface area contributed by atoms with Crippen molar-refractivity contribution in [3.05, 3.63) is 30.0 Å². The number of benzene rings is 1. The second-order valence-electron chi connectivity index (χ2n) is 2.55. The van der Waals surface area contributed by atoms with E-state index < -0.39 is 0 Å². The average Bonchev–Trinajstić information content (AvgIpc) is 2.30. The minimum Gasteiger partial charge on any atom is -0.323 e. The fourth-order valence-electron chi connectivity index (χ4n) is 1.25. The molecular formula is C8H7BN2. The molecule has 0 saturated heterocycles. The monoisotopic (exact) mass is 142 g/mol. The Kier molecular flexibility index (Phi) is 1.25. The highest BCUT2D eigenvalue weighted by atomic mass is 15.2. The summed E-state index contributed by atoms with van der Waals surface area (Å²) in [6.45, 7) is 1.95. The molecule has 0 N–H and O–H groups in total. The Balaban J connectivity index is 2.95. The highest BCUT2D eigenvalue weighted by Crippen LogP contribution is 2.15. The van der Waals surface area contributed by atoms with E-state index >= 15 is 0 Å². The quantitative estimate of drug-likeness (QED) is 0.506. The summed E-state index contributed by atoms with van der Waals surface area (Å²) < 4.78 is 1.41. The largest absolute Gasteiger partial charge is 0.323 e. The molecule has 0 spiro atoms. The van der Waals surface area contributed by atoms with E-state index in [0.717, 1.165) is 16.6 Å². The normalized spacial score (nSPS) is 10.6. The van der Waals surface area contributed by atoms with Gasteiger partial charge in [0.15, 0.2) is 0 Å². The standard InChI is InChI=1S/C8H7BN2/c1-6-7-4-2-3-5-8(7)11(9)10-6/h2-5H,1H3. The van der Waals surface area contributed by atoms with Gasteiger partial charge >= 0.3 is 0 Å². The van der Waals surface area contributed by atoms with Gasteiger partial charge in [0.1, 0.15) is 0 Å². The molecule has 52 valence electrons. The summed E-state index contributed by atoms with van der Waals surface area (Å²) in [5.74, 6) is 0. The fraction of sp³-hybridized carbons (Fsp3) is 0.125. The molecule has 2 rings (SSSR count). The molecule has 0 unspecified atom stereocenters. The molecule has 0 amide bonds. The Hall–Kier alpha value is -1.25. The van der Waals surface area contributed by atoms with Crippen molar-refractivity contribution in [3.63, 3.8) is 0 Å². The molecule has 1 heterocycles. The predicted octanol–water partition coefficient (Wildman–Crippen LogP) is 1.28. The number of para-hydroxylation sites is 1.